The molecule has 1 aliphatic carbocycles. The average molecular weight is 224 g/mol. The van der Waals surface area contributed by atoms with E-state index in [1.54, 1.807) is 0 Å². The topological polar surface area (TPSA) is 24.1 Å². The van der Waals surface area contributed by atoms with Crippen LogP contribution in [0.4, 0.5) is 0 Å². The van der Waals surface area contributed by atoms with Crippen LogP contribution in [0.1, 0.15) is 58.8 Å². The Hall–Kier alpha value is -0.0800. The minimum Gasteiger partial charge on any atom is -0.314 e. The SMILES string of the molecule is CCC1(CNCC2(C)CCCCN2)CCC1. The van der Waals surface area contributed by atoms with E-state index >= 15 is 0 Å². The summed E-state index contributed by atoms with van der Waals surface area (Å²) in [5.74, 6) is 0. The van der Waals surface area contributed by atoms with Gasteiger partial charge in [0, 0.05) is 18.6 Å². The van der Waals surface area contributed by atoms with Crippen LogP contribution in [0.15, 0.2) is 0 Å². The van der Waals surface area contributed by atoms with Crippen LogP contribution < -0.4 is 10.6 Å². The molecule has 16 heavy (non-hydrogen) atoms. The molecule has 1 atom stereocenters. The van der Waals surface area contributed by atoms with Crippen LogP contribution in [0.3, 0.4) is 0 Å². The molecule has 1 heterocycles. The zero-order chi connectivity index (χ0) is 11.5. The van der Waals surface area contributed by atoms with Gasteiger partial charge in [-0.1, -0.05) is 19.8 Å². The minimum absolute atomic E-state index is 0.358. The van der Waals surface area contributed by atoms with Gasteiger partial charge in [-0.05, 0) is 51.0 Å². The van der Waals surface area contributed by atoms with Gasteiger partial charge in [-0.2, -0.15) is 0 Å². The zero-order valence-electron chi connectivity index (χ0n) is 11.1. The Morgan fingerprint density at radius 2 is 1.88 bits per heavy atom. The molecule has 2 aliphatic rings. The predicted octanol–water partition coefficient (Wildman–Crippen LogP) is 2.69. The number of hydrogen-bond donors (Lipinski definition) is 2. The normalized spacial score (nSPS) is 33.4. The van der Waals surface area contributed by atoms with Crippen LogP contribution in [-0.2, 0) is 0 Å². The Labute approximate surface area is 101 Å². The third-order valence-corrected chi connectivity index (χ3v) is 4.89. The minimum atomic E-state index is 0.358. The van der Waals surface area contributed by atoms with E-state index in [-0.39, 0.29) is 0 Å². The predicted molar refractivity (Wildman–Crippen MR) is 69.7 cm³/mol. The van der Waals surface area contributed by atoms with Crippen molar-refractivity contribution in [2.45, 2.75) is 64.3 Å². The smallest absolute Gasteiger partial charge is 0.0277 e. The van der Waals surface area contributed by atoms with E-state index in [9.17, 15) is 0 Å². The molecule has 1 aliphatic heterocycles. The van der Waals surface area contributed by atoms with Crippen LogP contribution in [0.5, 0.6) is 0 Å². The molecule has 0 radical (unpaired) electrons. The Kier molecular flexibility index (Phi) is 3.91. The molecule has 0 bridgehead atoms. The van der Waals surface area contributed by atoms with Gasteiger partial charge in [-0.25, -0.2) is 0 Å². The van der Waals surface area contributed by atoms with Gasteiger partial charge < -0.3 is 10.6 Å². The molecule has 2 heteroatoms. The van der Waals surface area contributed by atoms with Gasteiger partial charge in [-0.15, -0.1) is 0 Å². The van der Waals surface area contributed by atoms with Crippen molar-refractivity contribution in [3.8, 4) is 0 Å². The number of nitrogens with one attached hydrogen (secondary N) is 2. The van der Waals surface area contributed by atoms with Gasteiger partial charge in [0.05, 0.1) is 0 Å². The lowest BCUT2D eigenvalue weighted by Gasteiger charge is -2.43. The van der Waals surface area contributed by atoms with E-state index in [0.717, 1.165) is 6.54 Å². The standard InChI is InChI=1S/C14H28N2/c1-3-14(8-6-9-14)12-15-11-13(2)7-4-5-10-16-13/h15-16H,3-12H2,1-2H3. The van der Waals surface area contributed by atoms with E-state index in [1.165, 1.54) is 58.0 Å². The molecular weight excluding hydrogens is 196 g/mol. The monoisotopic (exact) mass is 224 g/mol. The number of piperidine rings is 1. The Morgan fingerprint density at radius 1 is 1.06 bits per heavy atom. The molecule has 0 amide bonds. The second kappa shape index (κ2) is 5.05. The van der Waals surface area contributed by atoms with Crippen LogP contribution in [0.25, 0.3) is 0 Å². The van der Waals surface area contributed by atoms with E-state index in [2.05, 4.69) is 24.5 Å². The molecule has 0 spiro atoms. The van der Waals surface area contributed by atoms with Gasteiger partial charge >= 0.3 is 0 Å². The third-order valence-electron chi connectivity index (χ3n) is 4.89. The molecule has 0 aromatic heterocycles. The van der Waals surface area contributed by atoms with Crippen molar-refractivity contribution >= 4 is 0 Å². The summed E-state index contributed by atoms with van der Waals surface area (Å²) < 4.78 is 0. The summed E-state index contributed by atoms with van der Waals surface area (Å²) in [5.41, 5.74) is 1.02. The highest BCUT2D eigenvalue weighted by atomic mass is 15.0. The molecule has 2 nitrogen and oxygen atoms in total. The molecule has 0 aromatic rings. The largest absolute Gasteiger partial charge is 0.314 e. The highest BCUT2D eigenvalue weighted by Gasteiger charge is 2.35. The molecule has 1 unspecified atom stereocenters. The van der Waals surface area contributed by atoms with Gasteiger partial charge in [0.1, 0.15) is 0 Å². The highest BCUT2D eigenvalue weighted by molar-refractivity contribution is 4.92. The molecule has 1 saturated heterocycles. The summed E-state index contributed by atoms with van der Waals surface area (Å²) in [6, 6.07) is 0. The molecule has 2 fully saturated rings. The summed E-state index contributed by atoms with van der Waals surface area (Å²) in [7, 11) is 0. The first-order valence-electron chi connectivity index (χ1n) is 7.14. The van der Waals surface area contributed by atoms with Gasteiger partial charge in [-0.3, -0.25) is 0 Å². The summed E-state index contributed by atoms with van der Waals surface area (Å²) in [6.07, 6.45) is 9.77. The second-order valence-electron chi connectivity index (χ2n) is 6.26. The zero-order valence-corrected chi connectivity index (χ0v) is 11.1. The van der Waals surface area contributed by atoms with Crippen LogP contribution in [0.2, 0.25) is 0 Å². The summed E-state index contributed by atoms with van der Waals surface area (Å²) in [4.78, 5) is 0. The Morgan fingerprint density at radius 3 is 2.38 bits per heavy atom. The molecule has 1 saturated carbocycles. The lowest BCUT2D eigenvalue weighted by Crippen LogP contribution is -2.54. The average Bonchev–Trinajstić information content (AvgIpc) is 2.23. The summed E-state index contributed by atoms with van der Waals surface area (Å²) in [6.45, 7) is 8.31. The lowest BCUT2D eigenvalue weighted by molar-refractivity contribution is 0.118. The van der Waals surface area contributed by atoms with Crippen molar-refractivity contribution in [1.82, 2.24) is 10.6 Å². The Balaban J connectivity index is 1.70. The van der Waals surface area contributed by atoms with Gasteiger partial charge in [0.2, 0.25) is 0 Å². The van der Waals surface area contributed by atoms with Gasteiger partial charge in [0.15, 0.2) is 0 Å². The fourth-order valence-electron chi connectivity index (χ4n) is 3.21. The van der Waals surface area contributed by atoms with Crippen LogP contribution >= 0.6 is 0 Å². The highest BCUT2D eigenvalue weighted by Crippen LogP contribution is 2.43. The van der Waals surface area contributed by atoms with E-state index < -0.39 is 0 Å². The molecular formula is C14H28N2. The quantitative estimate of drug-likeness (QED) is 0.750. The maximum absolute atomic E-state index is 3.73. The van der Waals surface area contributed by atoms with Gasteiger partial charge in [0.25, 0.3) is 0 Å². The van der Waals surface area contributed by atoms with E-state index in [0.29, 0.717) is 11.0 Å². The maximum atomic E-state index is 3.73. The van der Waals surface area contributed by atoms with Crippen molar-refractivity contribution in [3.05, 3.63) is 0 Å². The fourth-order valence-corrected chi connectivity index (χ4v) is 3.21. The summed E-state index contributed by atoms with van der Waals surface area (Å²) in [5, 5.41) is 7.40. The first-order chi connectivity index (χ1) is 7.68. The van der Waals surface area contributed by atoms with E-state index in [1.807, 2.05) is 0 Å². The molecule has 94 valence electrons. The maximum Gasteiger partial charge on any atom is 0.0277 e. The molecule has 0 aromatic carbocycles. The lowest BCUT2D eigenvalue weighted by atomic mass is 9.67. The molecule has 2 N–H and O–H groups in total. The summed E-state index contributed by atoms with van der Waals surface area (Å²) >= 11 is 0. The number of hydrogen-bond acceptors (Lipinski definition) is 2. The van der Waals surface area contributed by atoms with E-state index in [4.69, 9.17) is 0 Å². The first-order valence-corrected chi connectivity index (χ1v) is 7.14. The second-order valence-corrected chi connectivity index (χ2v) is 6.26. The van der Waals surface area contributed by atoms with Crippen molar-refractivity contribution in [2.75, 3.05) is 19.6 Å². The van der Waals surface area contributed by atoms with Crippen molar-refractivity contribution < 1.29 is 0 Å². The molecule has 2 rings (SSSR count). The third kappa shape index (κ3) is 2.78. The number of rotatable bonds is 5. The van der Waals surface area contributed by atoms with Crippen molar-refractivity contribution in [3.63, 3.8) is 0 Å². The van der Waals surface area contributed by atoms with Crippen LogP contribution in [-0.4, -0.2) is 25.2 Å². The van der Waals surface area contributed by atoms with Crippen molar-refractivity contribution in [2.24, 2.45) is 5.41 Å². The Bertz CT molecular complexity index is 209. The van der Waals surface area contributed by atoms with Crippen LogP contribution in [0, 0.1) is 5.41 Å². The first kappa shape index (κ1) is 12.4. The fraction of sp³-hybridized carbons (Fsp3) is 1.00. The van der Waals surface area contributed by atoms with Crippen molar-refractivity contribution in [1.29, 1.82) is 0 Å².